The predicted molar refractivity (Wildman–Crippen MR) is 84.8 cm³/mol. The average Bonchev–Trinajstić information content (AvgIpc) is 3.17. The monoisotopic (exact) mass is 326 g/mol. The molecule has 3 unspecified atom stereocenters. The van der Waals surface area contributed by atoms with Gasteiger partial charge >= 0.3 is 11.9 Å². The van der Waals surface area contributed by atoms with E-state index in [1.54, 1.807) is 18.2 Å². The SMILES string of the molecule is CC1C(OC(=O)c2ccco2)CC=C2C=C3OC(=O)C=C3CC21C. The van der Waals surface area contributed by atoms with Crippen LogP contribution in [0.25, 0.3) is 0 Å². The van der Waals surface area contributed by atoms with E-state index in [4.69, 9.17) is 13.9 Å². The van der Waals surface area contributed by atoms with Gasteiger partial charge in [0.1, 0.15) is 11.9 Å². The molecule has 3 atom stereocenters. The Kier molecular flexibility index (Phi) is 3.27. The lowest BCUT2D eigenvalue weighted by Crippen LogP contribution is -2.42. The predicted octanol–water partition coefficient (Wildman–Crippen LogP) is 3.55. The summed E-state index contributed by atoms with van der Waals surface area (Å²) in [7, 11) is 0. The van der Waals surface area contributed by atoms with Gasteiger partial charge in [-0.15, -0.1) is 0 Å². The Labute approximate surface area is 139 Å². The maximum atomic E-state index is 12.2. The molecule has 2 heterocycles. The first kappa shape index (κ1) is 15.0. The largest absolute Gasteiger partial charge is 0.457 e. The number of carbonyl (C=O) groups excluding carboxylic acids is 2. The maximum Gasteiger partial charge on any atom is 0.374 e. The summed E-state index contributed by atoms with van der Waals surface area (Å²) >= 11 is 0. The number of ether oxygens (including phenoxy) is 2. The molecule has 1 aliphatic heterocycles. The number of rotatable bonds is 2. The van der Waals surface area contributed by atoms with E-state index in [1.165, 1.54) is 6.26 Å². The van der Waals surface area contributed by atoms with Crippen LogP contribution in [-0.4, -0.2) is 18.0 Å². The van der Waals surface area contributed by atoms with Crippen LogP contribution in [0.4, 0.5) is 0 Å². The molecule has 3 aliphatic rings. The zero-order valence-electron chi connectivity index (χ0n) is 13.6. The second-order valence-corrected chi connectivity index (χ2v) is 6.80. The van der Waals surface area contributed by atoms with Gasteiger partial charge in [0, 0.05) is 29.4 Å². The van der Waals surface area contributed by atoms with Crippen molar-refractivity contribution < 1.29 is 23.5 Å². The quantitative estimate of drug-likeness (QED) is 0.778. The number of allylic oxidation sites excluding steroid dienone is 3. The number of fused-ring (bicyclic) bond motifs is 2. The topological polar surface area (TPSA) is 65.7 Å². The Bertz CT molecular complexity index is 796. The molecule has 1 aromatic heterocycles. The highest BCUT2D eigenvalue weighted by atomic mass is 16.6. The molecule has 5 heteroatoms. The van der Waals surface area contributed by atoms with E-state index in [9.17, 15) is 9.59 Å². The molecule has 24 heavy (non-hydrogen) atoms. The van der Waals surface area contributed by atoms with E-state index >= 15 is 0 Å². The van der Waals surface area contributed by atoms with Crippen LogP contribution in [0.2, 0.25) is 0 Å². The molecular formula is C19H18O5. The lowest BCUT2D eigenvalue weighted by molar-refractivity contribution is -0.132. The first-order chi connectivity index (χ1) is 11.5. The minimum Gasteiger partial charge on any atom is -0.457 e. The molecule has 0 fully saturated rings. The standard InChI is InChI=1S/C19H18O5/c1-11-14(24-18(21)15-4-3-7-22-15)6-5-13-9-16-12(8-17(20)23-16)10-19(11,13)2/h3-5,7-9,11,14H,6,10H2,1-2H3. The first-order valence-corrected chi connectivity index (χ1v) is 8.07. The highest BCUT2D eigenvalue weighted by Gasteiger charge is 2.47. The highest BCUT2D eigenvalue weighted by Crippen LogP contribution is 2.52. The van der Waals surface area contributed by atoms with Crippen molar-refractivity contribution in [2.24, 2.45) is 11.3 Å². The summed E-state index contributed by atoms with van der Waals surface area (Å²) in [6.45, 7) is 4.23. The van der Waals surface area contributed by atoms with Gasteiger partial charge in [-0.1, -0.05) is 19.9 Å². The van der Waals surface area contributed by atoms with E-state index in [2.05, 4.69) is 19.9 Å². The van der Waals surface area contributed by atoms with Crippen LogP contribution < -0.4 is 0 Å². The number of esters is 2. The number of hydrogen-bond acceptors (Lipinski definition) is 5. The number of furan rings is 1. The molecular weight excluding hydrogens is 308 g/mol. The zero-order valence-corrected chi connectivity index (χ0v) is 13.6. The van der Waals surface area contributed by atoms with Crippen molar-refractivity contribution in [2.45, 2.75) is 32.8 Å². The van der Waals surface area contributed by atoms with Gasteiger partial charge in [0.25, 0.3) is 0 Å². The van der Waals surface area contributed by atoms with Crippen molar-refractivity contribution >= 4 is 11.9 Å². The third-order valence-corrected chi connectivity index (χ3v) is 5.44. The molecule has 1 aromatic rings. The van der Waals surface area contributed by atoms with Crippen molar-refractivity contribution in [3.8, 4) is 0 Å². The Balaban J connectivity index is 1.60. The Hall–Kier alpha value is -2.56. The van der Waals surface area contributed by atoms with Crippen LogP contribution in [0.15, 0.2) is 57.9 Å². The molecule has 0 bridgehead atoms. The molecule has 0 saturated heterocycles. The van der Waals surface area contributed by atoms with Crippen molar-refractivity contribution in [1.29, 1.82) is 0 Å². The molecule has 0 N–H and O–H groups in total. The van der Waals surface area contributed by atoms with Gasteiger partial charge in [0.15, 0.2) is 0 Å². The van der Waals surface area contributed by atoms with Gasteiger partial charge in [-0.05, 0) is 30.2 Å². The number of carbonyl (C=O) groups is 2. The molecule has 0 aromatic carbocycles. The minimum atomic E-state index is -0.442. The lowest BCUT2D eigenvalue weighted by atomic mass is 9.60. The molecule has 0 spiro atoms. The van der Waals surface area contributed by atoms with Crippen LogP contribution in [0.1, 0.15) is 37.2 Å². The zero-order chi connectivity index (χ0) is 16.9. The third-order valence-electron chi connectivity index (χ3n) is 5.44. The second kappa shape index (κ2) is 5.23. The van der Waals surface area contributed by atoms with E-state index < -0.39 is 5.97 Å². The molecule has 4 rings (SSSR count). The van der Waals surface area contributed by atoms with Crippen molar-refractivity contribution in [2.75, 3.05) is 0 Å². The Morgan fingerprint density at radius 3 is 2.96 bits per heavy atom. The Morgan fingerprint density at radius 2 is 2.21 bits per heavy atom. The van der Waals surface area contributed by atoms with Gasteiger partial charge in [0.2, 0.25) is 5.76 Å². The normalized spacial score (nSPS) is 31.2. The van der Waals surface area contributed by atoms with Crippen LogP contribution in [0.3, 0.4) is 0 Å². The third kappa shape index (κ3) is 2.23. The van der Waals surface area contributed by atoms with Gasteiger partial charge in [-0.2, -0.15) is 0 Å². The Morgan fingerprint density at radius 1 is 1.38 bits per heavy atom. The summed E-state index contributed by atoms with van der Waals surface area (Å²) in [5.74, 6) is 0.216. The summed E-state index contributed by atoms with van der Waals surface area (Å²) in [4.78, 5) is 23.7. The second-order valence-electron chi connectivity index (χ2n) is 6.80. The fraction of sp³-hybridized carbons (Fsp3) is 0.368. The van der Waals surface area contributed by atoms with Crippen molar-refractivity contribution in [3.63, 3.8) is 0 Å². The maximum absolute atomic E-state index is 12.2. The van der Waals surface area contributed by atoms with Crippen LogP contribution >= 0.6 is 0 Å². The summed E-state index contributed by atoms with van der Waals surface area (Å²) in [6, 6.07) is 3.26. The smallest absolute Gasteiger partial charge is 0.374 e. The molecule has 2 aliphatic carbocycles. The number of hydrogen-bond donors (Lipinski definition) is 0. The van der Waals surface area contributed by atoms with Gasteiger partial charge in [0.05, 0.1) is 6.26 Å². The van der Waals surface area contributed by atoms with Crippen LogP contribution in [-0.2, 0) is 14.3 Å². The van der Waals surface area contributed by atoms with Crippen molar-refractivity contribution in [1.82, 2.24) is 0 Å². The minimum absolute atomic E-state index is 0.103. The van der Waals surface area contributed by atoms with Gasteiger partial charge < -0.3 is 13.9 Å². The highest BCUT2D eigenvalue weighted by molar-refractivity contribution is 5.89. The van der Waals surface area contributed by atoms with Crippen molar-refractivity contribution in [3.05, 3.63) is 59.3 Å². The summed E-state index contributed by atoms with van der Waals surface area (Å²) in [5, 5.41) is 0. The molecule has 0 saturated carbocycles. The van der Waals surface area contributed by atoms with Gasteiger partial charge in [-0.25, -0.2) is 9.59 Å². The first-order valence-electron chi connectivity index (χ1n) is 8.07. The van der Waals surface area contributed by atoms with E-state index in [1.807, 2.05) is 6.08 Å². The van der Waals surface area contributed by atoms with Gasteiger partial charge in [-0.3, -0.25) is 0 Å². The summed E-state index contributed by atoms with van der Waals surface area (Å²) in [6.07, 6.45) is 8.14. The van der Waals surface area contributed by atoms with E-state index in [0.717, 1.165) is 11.1 Å². The average molecular weight is 326 g/mol. The molecule has 0 radical (unpaired) electrons. The van der Waals surface area contributed by atoms with E-state index in [-0.39, 0.29) is 29.2 Å². The lowest BCUT2D eigenvalue weighted by Gasteiger charge is -2.45. The molecule has 5 nitrogen and oxygen atoms in total. The van der Waals surface area contributed by atoms with Crippen LogP contribution in [0.5, 0.6) is 0 Å². The summed E-state index contributed by atoms with van der Waals surface area (Å²) < 4.78 is 16.0. The summed E-state index contributed by atoms with van der Waals surface area (Å²) in [5.41, 5.74) is 1.86. The molecule has 0 amide bonds. The fourth-order valence-corrected chi connectivity index (χ4v) is 3.79. The van der Waals surface area contributed by atoms with Crippen LogP contribution in [0, 0.1) is 11.3 Å². The van der Waals surface area contributed by atoms with E-state index in [0.29, 0.717) is 18.6 Å². The fourth-order valence-electron chi connectivity index (χ4n) is 3.79. The molecule has 124 valence electrons.